The van der Waals surface area contributed by atoms with Crippen molar-refractivity contribution < 1.29 is 13.2 Å². The first-order valence-electron chi connectivity index (χ1n) is 7.08. The van der Waals surface area contributed by atoms with E-state index in [0.29, 0.717) is 17.7 Å². The molecule has 3 N–H and O–H groups in total. The highest BCUT2D eigenvalue weighted by Gasteiger charge is 2.19. The summed E-state index contributed by atoms with van der Waals surface area (Å²) >= 11 is 1.83. The maximum Gasteiger partial charge on any atom is 0.240 e. The van der Waals surface area contributed by atoms with Crippen molar-refractivity contribution in [3.8, 4) is 0 Å². The van der Waals surface area contributed by atoms with Gasteiger partial charge in [0, 0.05) is 36.2 Å². The van der Waals surface area contributed by atoms with Gasteiger partial charge in [-0.1, -0.05) is 6.07 Å². The average molecular weight is 343 g/mol. The third kappa shape index (κ3) is 4.22. The highest BCUT2D eigenvalue weighted by molar-refractivity contribution is 7.99. The Morgan fingerprint density at radius 2 is 2.23 bits per heavy atom. The monoisotopic (exact) mass is 343 g/mol. The van der Waals surface area contributed by atoms with Gasteiger partial charge in [-0.25, -0.2) is 13.1 Å². The summed E-state index contributed by atoms with van der Waals surface area (Å²) in [5.41, 5.74) is 1.07. The van der Waals surface area contributed by atoms with Gasteiger partial charge in [0.05, 0.1) is 4.90 Å². The number of hydrogen-bond donors (Lipinski definition) is 3. The van der Waals surface area contributed by atoms with Crippen molar-refractivity contribution in [1.82, 2.24) is 10.0 Å². The predicted molar refractivity (Wildman–Crippen MR) is 89.8 cm³/mol. The largest absolute Gasteiger partial charge is 0.326 e. The number of benzene rings is 1. The Morgan fingerprint density at radius 1 is 1.45 bits per heavy atom. The Kier molecular flexibility index (Phi) is 5.85. The van der Waals surface area contributed by atoms with Crippen molar-refractivity contribution in [3.05, 3.63) is 23.8 Å². The second-order valence-corrected chi connectivity index (χ2v) is 8.12. The predicted octanol–water partition coefficient (Wildman–Crippen LogP) is 0.937. The zero-order valence-corrected chi connectivity index (χ0v) is 14.3. The van der Waals surface area contributed by atoms with Gasteiger partial charge < -0.3 is 10.6 Å². The molecule has 1 aromatic rings. The van der Waals surface area contributed by atoms with E-state index in [-0.39, 0.29) is 16.8 Å². The summed E-state index contributed by atoms with van der Waals surface area (Å²) in [6.07, 6.45) is 0.384. The van der Waals surface area contributed by atoms with E-state index in [0.717, 1.165) is 18.1 Å². The number of anilines is 1. The van der Waals surface area contributed by atoms with Crippen LogP contribution in [0.5, 0.6) is 0 Å². The molecular formula is C14H21N3O3S2. The van der Waals surface area contributed by atoms with Crippen LogP contribution in [0.1, 0.15) is 12.0 Å². The first-order chi connectivity index (χ1) is 10.4. The Morgan fingerprint density at radius 3 is 2.86 bits per heavy atom. The Hall–Kier alpha value is -1.09. The molecule has 1 fully saturated rings. The fourth-order valence-corrected chi connectivity index (χ4v) is 4.27. The maximum absolute atomic E-state index is 12.1. The van der Waals surface area contributed by atoms with Crippen molar-refractivity contribution in [2.24, 2.45) is 0 Å². The van der Waals surface area contributed by atoms with E-state index in [2.05, 4.69) is 15.4 Å². The first-order valence-corrected chi connectivity index (χ1v) is 9.72. The molecule has 122 valence electrons. The van der Waals surface area contributed by atoms with Gasteiger partial charge in [-0.15, -0.1) is 0 Å². The smallest absolute Gasteiger partial charge is 0.240 e. The molecule has 1 atom stereocenters. The molecule has 1 aliphatic heterocycles. The van der Waals surface area contributed by atoms with Gasteiger partial charge in [-0.2, -0.15) is 11.8 Å². The molecule has 0 bridgehead atoms. The standard InChI is InChI=1S/C14H21N3O3S2/c1-10-12(4-3-5-13(10)22(19,20)15-2)17-14(18)8-11-9-21-7-6-16-11/h3-5,11,15-16H,6-9H2,1-2H3,(H,17,18). The summed E-state index contributed by atoms with van der Waals surface area (Å²) in [6, 6.07) is 5.03. The Labute approximate surface area is 135 Å². The lowest BCUT2D eigenvalue weighted by Crippen LogP contribution is -2.40. The molecule has 0 aliphatic carbocycles. The number of carbonyl (C=O) groups excluding carboxylic acids is 1. The van der Waals surface area contributed by atoms with Gasteiger partial charge >= 0.3 is 0 Å². The molecule has 6 nitrogen and oxygen atoms in total. The lowest BCUT2D eigenvalue weighted by atomic mass is 10.1. The zero-order valence-electron chi connectivity index (χ0n) is 12.7. The molecule has 1 unspecified atom stereocenters. The molecule has 1 saturated heterocycles. The quantitative estimate of drug-likeness (QED) is 0.740. The number of rotatable bonds is 5. The van der Waals surface area contributed by atoms with Crippen LogP contribution in [0.25, 0.3) is 0 Å². The van der Waals surface area contributed by atoms with E-state index >= 15 is 0 Å². The fraction of sp³-hybridized carbons (Fsp3) is 0.500. The minimum atomic E-state index is -3.53. The second kappa shape index (κ2) is 7.45. The maximum atomic E-state index is 12.1. The summed E-state index contributed by atoms with van der Waals surface area (Å²) < 4.78 is 26.2. The van der Waals surface area contributed by atoms with Gasteiger partial charge in [0.25, 0.3) is 0 Å². The van der Waals surface area contributed by atoms with Crippen LogP contribution in [0.4, 0.5) is 5.69 Å². The number of sulfonamides is 1. The number of thioether (sulfide) groups is 1. The topological polar surface area (TPSA) is 87.3 Å². The van der Waals surface area contributed by atoms with Crippen LogP contribution in [-0.2, 0) is 14.8 Å². The molecule has 0 saturated carbocycles. The molecule has 22 heavy (non-hydrogen) atoms. The molecule has 1 aliphatic rings. The fourth-order valence-electron chi connectivity index (χ4n) is 2.33. The van der Waals surface area contributed by atoms with Gasteiger partial charge in [-0.05, 0) is 31.7 Å². The molecule has 0 spiro atoms. The molecule has 0 aromatic heterocycles. The van der Waals surface area contributed by atoms with Crippen LogP contribution in [-0.4, -0.2) is 45.5 Å². The molecule has 1 heterocycles. The zero-order chi connectivity index (χ0) is 16.2. The SMILES string of the molecule is CNS(=O)(=O)c1cccc(NC(=O)CC2CSCCN2)c1C. The molecule has 0 radical (unpaired) electrons. The van der Waals surface area contributed by atoms with Crippen molar-refractivity contribution in [2.75, 3.05) is 30.4 Å². The van der Waals surface area contributed by atoms with E-state index in [1.54, 1.807) is 19.1 Å². The number of amides is 1. The Bertz CT molecular complexity index is 641. The summed E-state index contributed by atoms with van der Waals surface area (Å²) in [7, 11) is -2.16. The van der Waals surface area contributed by atoms with Crippen LogP contribution in [0.3, 0.4) is 0 Å². The molecular weight excluding hydrogens is 322 g/mol. The second-order valence-electron chi connectivity index (χ2n) is 5.11. The average Bonchev–Trinajstić information content (AvgIpc) is 2.50. The molecule has 1 amide bonds. The Balaban J connectivity index is 2.09. The van der Waals surface area contributed by atoms with Gasteiger partial charge in [-0.3, -0.25) is 4.79 Å². The van der Waals surface area contributed by atoms with Crippen LogP contribution >= 0.6 is 11.8 Å². The molecule has 2 rings (SSSR count). The van der Waals surface area contributed by atoms with E-state index in [1.165, 1.54) is 13.1 Å². The van der Waals surface area contributed by atoms with E-state index in [9.17, 15) is 13.2 Å². The molecule has 8 heteroatoms. The summed E-state index contributed by atoms with van der Waals surface area (Å²) in [4.78, 5) is 12.3. The summed E-state index contributed by atoms with van der Waals surface area (Å²) in [5, 5.41) is 6.12. The number of nitrogens with one attached hydrogen (secondary N) is 3. The van der Waals surface area contributed by atoms with E-state index in [1.807, 2.05) is 11.8 Å². The summed E-state index contributed by atoms with van der Waals surface area (Å²) in [6.45, 7) is 2.60. The number of hydrogen-bond acceptors (Lipinski definition) is 5. The van der Waals surface area contributed by atoms with Crippen molar-refractivity contribution in [3.63, 3.8) is 0 Å². The minimum Gasteiger partial charge on any atom is -0.326 e. The third-order valence-corrected chi connectivity index (χ3v) is 6.24. The van der Waals surface area contributed by atoms with Crippen molar-refractivity contribution in [1.29, 1.82) is 0 Å². The van der Waals surface area contributed by atoms with Crippen LogP contribution < -0.4 is 15.4 Å². The first kappa shape index (κ1) is 17.3. The van der Waals surface area contributed by atoms with E-state index < -0.39 is 10.0 Å². The van der Waals surface area contributed by atoms with Crippen molar-refractivity contribution in [2.45, 2.75) is 24.3 Å². The number of carbonyl (C=O) groups is 1. The van der Waals surface area contributed by atoms with Gasteiger partial charge in [0.2, 0.25) is 15.9 Å². The van der Waals surface area contributed by atoms with Gasteiger partial charge in [0.1, 0.15) is 0 Å². The highest BCUT2D eigenvalue weighted by atomic mass is 32.2. The van der Waals surface area contributed by atoms with E-state index in [4.69, 9.17) is 0 Å². The minimum absolute atomic E-state index is 0.109. The molecule has 1 aromatic carbocycles. The highest BCUT2D eigenvalue weighted by Crippen LogP contribution is 2.23. The van der Waals surface area contributed by atoms with Crippen LogP contribution in [0, 0.1) is 6.92 Å². The normalized spacial score (nSPS) is 18.9. The van der Waals surface area contributed by atoms with Gasteiger partial charge in [0.15, 0.2) is 0 Å². The van der Waals surface area contributed by atoms with Crippen LogP contribution in [0.15, 0.2) is 23.1 Å². The lowest BCUT2D eigenvalue weighted by Gasteiger charge is -2.22. The third-order valence-electron chi connectivity index (χ3n) is 3.55. The summed E-state index contributed by atoms with van der Waals surface area (Å²) in [5.74, 6) is 1.88. The van der Waals surface area contributed by atoms with Crippen molar-refractivity contribution >= 4 is 33.4 Å². The lowest BCUT2D eigenvalue weighted by molar-refractivity contribution is -0.116. The van der Waals surface area contributed by atoms with Crippen LogP contribution in [0.2, 0.25) is 0 Å².